The molecule has 1 atom stereocenters. The lowest BCUT2D eigenvalue weighted by Crippen LogP contribution is -2.36. The standard InChI is InChI=1S/C14H22N4O2/c1-2-18(7-9-5-6-20-8-9)14(19)13-11(15)12(16-17-13)10-3-4-10/h9-10H,2-8,15H2,1H3,(H,16,17). The summed E-state index contributed by atoms with van der Waals surface area (Å²) in [5, 5.41) is 7.09. The first-order valence-corrected chi connectivity index (χ1v) is 7.41. The number of nitrogens with one attached hydrogen (secondary N) is 1. The van der Waals surface area contributed by atoms with Gasteiger partial charge >= 0.3 is 0 Å². The lowest BCUT2D eigenvalue weighted by molar-refractivity contribution is 0.0726. The molecule has 0 spiro atoms. The molecule has 0 radical (unpaired) electrons. The Labute approximate surface area is 118 Å². The highest BCUT2D eigenvalue weighted by molar-refractivity contribution is 5.97. The summed E-state index contributed by atoms with van der Waals surface area (Å²) in [6.45, 7) is 4.92. The summed E-state index contributed by atoms with van der Waals surface area (Å²) >= 11 is 0. The first-order valence-electron chi connectivity index (χ1n) is 7.41. The van der Waals surface area contributed by atoms with Gasteiger partial charge in [-0.3, -0.25) is 9.89 Å². The predicted molar refractivity (Wildman–Crippen MR) is 75.5 cm³/mol. The van der Waals surface area contributed by atoms with Crippen LogP contribution in [-0.2, 0) is 4.74 Å². The number of aromatic amines is 1. The van der Waals surface area contributed by atoms with Crippen molar-refractivity contribution in [3.8, 4) is 0 Å². The molecule has 0 bridgehead atoms. The average Bonchev–Trinajstić information content (AvgIpc) is 3.02. The Bertz CT molecular complexity index is 489. The van der Waals surface area contributed by atoms with Gasteiger partial charge in [-0.2, -0.15) is 5.10 Å². The van der Waals surface area contributed by atoms with E-state index < -0.39 is 0 Å². The zero-order chi connectivity index (χ0) is 14.1. The van der Waals surface area contributed by atoms with E-state index in [0.29, 0.717) is 29.8 Å². The molecule has 1 unspecified atom stereocenters. The van der Waals surface area contributed by atoms with Crippen LogP contribution in [0.4, 0.5) is 5.69 Å². The summed E-state index contributed by atoms with van der Waals surface area (Å²) in [4.78, 5) is 14.4. The quantitative estimate of drug-likeness (QED) is 0.852. The van der Waals surface area contributed by atoms with E-state index in [4.69, 9.17) is 10.5 Å². The van der Waals surface area contributed by atoms with Crippen LogP contribution in [0, 0.1) is 5.92 Å². The van der Waals surface area contributed by atoms with Gasteiger partial charge in [-0.25, -0.2) is 0 Å². The van der Waals surface area contributed by atoms with Crippen LogP contribution in [0.2, 0.25) is 0 Å². The van der Waals surface area contributed by atoms with Crippen molar-refractivity contribution >= 4 is 11.6 Å². The minimum atomic E-state index is -0.0694. The van der Waals surface area contributed by atoms with Crippen molar-refractivity contribution in [1.82, 2.24) is 15.1 Å². The molecular formula is C14H22N4O2. The Morgan fingerprint density at radius 3 is 2.90 bits per heavy atom. The summed E-state index contributed by atoms with van der Waals surface area (Å²) in [5.41, 5.74) is 7.94. The molecule has 0 aromatic carbocycles. The molecule has 2 aliphatic rings. The van der Waals surface area contributed by atoms with Gasteiger partial charge in [0.2, 0.25) is 0 Å². The van der Waals surface area contributed by atoms with Crippen molar-refractivity contribution in [2.75, 3.05) is 32.0 Å². The van der Waals surface area contributed by atoms with E-state index >= 15 is 0 Å². The van der Waals surface area contributed by atoms with Crippen molar-refractivity contribution in [2.45, 2.75) is 32.1 Å². The molecule has 3 rings (SSSR count). The minimum Gasteiger partial charge on any atom is -0.395 e. The molecule has 1 saturated heterocycles. The molecule has 1 amide bonds. The minimum absolute atomic E-state index is 0.0694. The van der Waals surface area contributed by atoms with E-state index in [-0.39, 0.29) is 5.91 Å². The van der Waals surface area contributed by atoms with Crippen LogP contribution < -0.4 is 5.73 Å². The number of aromatic nitrogens is 2. The SMILES string of the molecule is CCN(CC1CCOC1)C(=O)c1n[nH]c(C2CC2)c1N. The Kier molecular flexibility index (Phi) is 3.65. The number of ether oxygens (including phenoxy) is 1. The largest absolute Gasteiger partial charge is 0.395 e. The molecule has 1 aromatic rings. The number of rotatable bonds is 5. The molecule has 6 nitrogen and oxygen atoms in total. The van der Waals surface area contributed by atoms with Gasteiger partial charge in [0.25, 0.3) is 5.91 Å². The lowest BCUT2D eigenvalue weighted by atomic mass is 10.1. The number of carbonyl (C=O) groups excluding carboxylic acids is 1. The number of hydrogen-bond donors (Lipinski definition) is 2. The van der Waals surface area contributed by atoms with E-state index in [1.165, 1.54) is 0 Å². The molecule has 3 N–H and O–H groups in total. The van der Waals surface area contributed by atoms with Crippen molar-refractivity contribution < 1.29 is 9.53 Å². The Balaban J connectivity index is 1.72. The Morgan fingerprint density at radius 2 is 2.30 bits per heavy atom. The summed E-state index contributed by atoms with van der Waals surface area (Å²) < 4.78 is 5.37. The summed E-state index contributed by atoms with van der Waals surface area (Å²) in [5.74, 6) is 0.837. The van der Waals surface area contributed by atoms with Crippen LogP contribution in [0.25, 0.3) is 0 Å². The summed E-state index contributed by atoms with van der Waals surface area (Å²) in [6, 6.07) is 0. The highest BCUT2D eigenvalue weighted by Crippen LogP contribution is 2.42. The number of amides is 1. The van der Waals surface area contributed by atoms with Gasteiger partial charge in [-0.1, -0.05) is 0 Å². The molecule has 1 aliphatic carbocycles. The van der Waals surface area contributed by atoms with Gasteiger partial charge in [0, 0.05) is 31.5 Å². The molecule has 1 saturated carbocycles. The number of nitrogens with zero attached hydrogens (tertiary/aromatic N) is 2. The highest BCUT2D eigenvalue weighted by atomic mass is 16.5. The molecule has 1 aliphatic heterocycles. The zero-order valence-electron chi connectivity index (χ0n) is 11.9. The second-order valence-electron chi connectivity index (χ2n) is 5.75. The number of hydrogen-bond acceptors (Lipinski definition) is 4. The van der Waals surface area contributed by atoms with Gasteiger partial charge in [-0.15, -0.1) is 0 Å². The first kappa shape index (κ1) is 13.4. The van der Waals surface area contributed by atoms with E-state index in [1.54, 1.807) is 0 Å². The predicted octanol–water partition coefficient (Wildman–Crippen LogP) is 1.37. The second-order valence-corrected chi connectivity index (χ2v) is 5.75. The van der Waals surface area contributed by atoms with Crippen LogP contribution >= 0.6 is 0 Å². The second kappa shape index (κ2) is 5.44. The number of carbonyl (C=O) groups is 1. The monoisotopic (exact) mass is 278 g/mol. The van der Waals surface area contributed by atoms with E-state index in [9.17, 15) is 4.79 Å². The van der Waals surface area contributed by atoms with Gasteiger partial charge in [0.15, 0.2) is 5.69 Å². The van der Waals surface area contributed by atoms with Crippen LogP contribution in [0.3, 0.4) is 0 Å². The normalized spacial score (nSPS) is 22.1. The molecule has 110 valence electrons. The summed E-state index contributed by atoms with van der Waals surface area (Å²) in [7, 11) is 0. The van der Waals surface area contributed by atoms with Gasteiger partial charge in [-0.05, 0) is 26.2 Å². The summed E-state index contributed by atoms with van der Waals surface area (Å²) in [6.07, 6.45) is 3.29. The fraction of sp³-hybridized carbons (Fsp3) is 0.714. The number of nitrogens with two attached hydrogens (primary N) is 1. The van der Waals surface area contributed by atoms with Gasteiger partial charge in [0.05, 0.1) is 18.0 Å². The smallest absolute Gasteiger partial charge is 0.276 e. The molecule has 1 aromatic heterocycles. The van der Waals surface area contributed by atoms with Crippen LogP contribution in [0.5, 0.6) is 0 Å². The zero-order valence-corrected chi connectivity index (χ0v) is 11.9. The highest BCUT2D eigenvalue weighted by Gasteiger charge is 2.32. The molecular weight excluding hydrogens is 256 g/mol. The third-order valence-corrected chi connectivity index (χ3v) is 4.19. The molecule has 20 heavy (non-hydrogen) atoms. The number of anilines is 1. The van der Waals surface area contributed by atoms with Crippen molar-refractivity contribution in [3.05, 3.63) is 11.4 Å². The van der Waals surface area contributed by atoms with Crippen LogP contribution in [0.15, 0.2) is 0 Å². The van der Waals surface area contributed by atoms with Crippen molar-refractivity contribution in [1.29, 1.82) is 0 Å². The maximum absolute atomic E-state index is 12.6. The Morgan fingerprint density at radius 1 is 1.50 bits per heavy atom. The van der Waals surface area contributed by atoms with Gasteiger partial charge in [0.1, 0.15) is 0 Å². The molecule has 2 heterocycles. The fourth-order valence-electron chi connectivity index (χ4n) is 2.75. The average molecular weight is 278 g/mol. The van der Waals surface area contributed by atoms with Crippen molar-refractivity contribution in [3.63, 3.8) is 0 Å². The van der Waals surface area contributed by atoms with Gasteiger partial charge < -0.3 is 15.4 Å². The van der Waals surface area contributed by atoms with E-state index in [1.807, 2.05) is 11.8 Å². The topological polar surface area (TPSA) is 84.2 Å². The molecule has 2 fully saturated rings. The first-order chi connectivity index (χ1) is 9.70. The third-order valence-electron chi connectivity index (χ3n) is 4.19. The van der Waals surface area contributed by atoms with E-state index in [0.717, 1.165) is 44.7 Å². The molecule has 6 heteroatoms. The third kappa shape index (κ3) is 2.52. The van der Waals surface area contributed by atoms with Crippen LogP contribution in [0.1, 0.15) is 48.3 Å². The van der Waals surface area contributed by atoms with E-state index in [2.05, 4.69) is 10.2 Å². The number of nitrogen functional groups attached to an aromatic ring is 1. The Hall–Kier alpha value is -1.56. The van der Waals surface area contributed by atoms with Crippen LogP contribution in [-0.4, -0.2) is 47.3 Å². The van der Waals surface area contributed by atoms with Crippen molar-refractivity contribution in [2.24, 2.45) is 5.92 Å². The maximum Gasteiger partial charge on any atom is 0.276 e. The fourth-order valence-corrected chi connectivity index (χ4v) is 2.75. The lowest BCUT2D eigenvalue weighted by Gasteiger charge is -2.23. The maximum atomic E-state index is 12.6. The number of H-pyrrole nitrogens is 1.